The summed E-state index contributed by atoms with van der Waals surface area (Å²) in [6, 6.07) is 0. The monoisotopic (exact) mass is 534 g/mol. The first kappa shape index (κ1) is 31.6. The molecule has 1 heterocycles. The van der Waals surface area contributed by atoms with E-state index < -0.39 is 112 Å². The lowest BCUT2D eigenvalue weighted by atomic mass is 9.85. The SMILES string of the molecule is OCC(O)C(O)C(O)C(CO)OOCC1OC(COCC2(CO)CC(O)C(O)C2O)C(O)C(O)C1O. The van der Waals surface area contributed by atoms with Gasteiger partial charge in [-0.2, -0.15) is 0 Å². The normalized spacial score (nSPS) is 40.7. The average molecular weight is 535 g/mol. The van der Waals surface area contributed by atoms with Gasteiger partial charge < -0.3 is 70.8 Å². The highest BCUT2D eigenvalue weighted by Gasteiger charge is 2.52. The van der Waals surface area contributed by atoms with Crippen LogP contribution in [0.5, 0.6) is 0 Å². The minimum Gasteiger partial charge on any atom is -0.396 e. The van der Waals surface area contributed by atoms with Gasteiger partial charge >= 0.3 is 0 Å². The van der Waals surface area contributed by atoms with E-state index in [1.165, 1.54) is 0 Å². The van der Waals surface area contributed by atoms with Crippen molar-refractivity contribution < 1.29 is 80.5 Å². The van der Waals surface area contributed by atoms with E-state index >= 15 is 0 Å². The Kier molecular flexibility index (Phi) is 12.2. The zero-order chi connectivity index (χ0) is 27.2. The molecule has 12 N–H and O–H groups in total. The molecule has 36 heavy (non-hydrogen) atoms. The van der Waals surface area contributed by atoms with Crippen LogP contribution in [0.3, 0.4) is 0 Å². The van der Waals surface area contributed by atoms with E-state index in [-0.39, 0.29) is 13.0 Å². The lowest BCUT2D eigenvalue weighted by Gasteiger charge is -2.40. The first-order chi connectivity index (χ1) is 16.9. The lowest BCUT2D eigenvalue weighted by Crippen LogP contribution is -2.60. The molecule has 0 amide bonds. The van der Waals surface area contributed by atoms with Crippen molar-refractivity contribution in [1.82, 2.24) is 0 Å². The maximum absolute atomic E-state index is 10.2. The Morgan fingerprint density at radius 1 is 0.778 bits per heavy atom. The van der Waals surface area contributed by atoms with Gasteiger partial charge in [-0.25, -0.2) is 9.78 Å². The van der Waals surface area contributed by atoms with Crippen LogP contribution in [0.15, 0.2) is 0 Å². The lowest BCUT2D eigenvalue weighted by molar-refractivity contribution is -0.368. The Bertz CT molecular complexity index is 643. The molecular weight excluding hydrogens is 496 g/mol. The first-order valence-electron chi connectivity index (χ1n) is 11.4. The Morgan fingerprint density at radius 3 is 1.89 bits per heavy atom. The van der Waals surface area contributed by atoms with Crippen LogP contribution in [0, 0.1) is 5.41 Å². The summed E-state index contributed by atoms with van der Waals surface area (Å²) >= 11 is 0. The summed E-state index contributed by atoms with van der Waals surface area (Å²) in [6.45, 7) is -3.69. The van der Waals surface area contributed by atoms with Gasteiger partial charge in [0.1, 0.15) is 67.6 Å². The number of hydrogen-bond donors (Lipinski definition) is 12. The molecule has 16 nitrogen and oxygen atoms in total. The molecule has 0 aromatic carbocycles. The smallest absolute Gasteiger partial charge is 0.144 e. The van der Waals surface area contributed by atoms with Crippen molar-refractivity contribution in [2.45, 2.75) is 79.7 Å². The van der Waals surface area contributed by atoms with Crippen LogP contribution >= 0.6 is 0 Å². The molecule has 1 saturated heterocycles. The molecule has 0 spiro atoms. The standard InChI is InChI=1S/C20H38O16/c21-2-9(25)13(26)15(28)10(3-22)36-34-5-12-17(30)18(31)16(29)11(35-12)4-33-7-20(6-23)1-8(24)14(27)19(20)32/h8-19,21-32H,1-7H2. The molecular formula is C20H38O16. The molecule has 2 aliphatic rings. The molecule has 13 unspecified atom stereocenters. The number of aliphatic hydroxyl groups is 12. The van der Waals surface area contributed by atoms with E-state index in [0.717, 1.165) is 0 Å². The fourth-order valence-corrected chi connectivity index (χ4v) is 4.20. The van der Waals surface area contributed by atoms with E-state index in [0.29, 0.717) is 0 Å². The van der Waals surface area contributed by atoms with E-state index in [1.54, 1.807) is 0 Å². The van der Waals surface area contributed by atoms with E-state index in [4.69, 9.17) is 24.4 Å². The Morgan fingerprint density at radius 2 is 1.39 bits per heavy atom. The summed E-state index contributed by atoms with van der Waals surface area (Å²) < 4.78 is 10.9. The fourth-order valence-electron chi connectivity index (χ4n) is 4.20. The van der Waals surface area contributed by atoms with Crippen LogP contribution in [0.2, 0.25) is 0 Å². The highest BCUT2D eigenvalue weighted by Crippen LogP contribution is 2.39. The van der Waals surface area contributed by atoms with Crippen molar-refractivity contribution in [1.29, 1.82) is 0 Å². The molecule has 1 aliphatic carbocycles. The average Bonchev–Trinajstić information content (AvgIpc) is 3.09. The number of rotatable bonds is 14. The van der Waals surface area contributed by atoms with Gasteiger partial charge in [0.25, 0.3) is 0 Å². The van der Waals surface area contributed by atoms with Crippen molar-refractivity contribution in [3.63, 3.8) is 0 Å². The maximum atomic E-state index is 10.2. The Balaban J connectivity index is 1.91. The molecule has 0 aromatic heterocycles. The van der Waals surface area contributed by atoms with Gasteiger partial charge in [-0.3, -0.25) is 0 Å². The van der Waals surface area contributed by atoms with Gasteiger partial charge in [0, 0.05) is 5.41 Å². The summed E-state index contributed by atoms with van der Waals surface area (Å²) in [6.07, 6.45) is -19.0. The summed E-state index contributed by atoms with van der Waals surface area (Å²) in [5, 5.41) is 117. The predicted octanol–water partition coefficient (Wildman–Crippen LogP) is -7.30. The van der Waals surface area contributed by atoms with Gasteiger partial charge in [0.2, 0.25) is 0 Å². The van der Waals surface area contributed by atoms with Crippen molar-refractivity contribution in [2.24, 2.45) is 5.41 Å². The second-order valence-corrected chi connectivity index (χ2v) is 9.26. The fraction of sp³-hybridized carbons (Fsp3) is 1.00. The van der Waals surface area contributed by atoms with Gasteiger partial charge in [-0.15, -0.1) is 0 Å². The third kappa shape index (κ3) is 7.06. The van der Waals surface area contributed by atoms with Gasteiger partial charge in [-0.05, 0) is 6.42 Å². The van der Waals surface area contributed by atoms with Gasteiger partial charge in [0.15, 0.2) is 0 Å². The quantitative estimate of drug-likeness (QED) is 0.0728. The minimum absolute atomic E-state index is 0.156. The van der Waals surface area contributed by atoms with E-state index in [2.05, 4.69) is 0 Å². The molecule has 2 rings (SSSR count). The topological polar surface area (TPSA) is 280 Å². The molecule has 0 radical (unpaired) electrons. The highest BCUT2D eigenvalue weighted by molar-refractivity contribution is 5.02. The first-order valence-corrected chi connectivity index (χ1v) is 11.4. The number of aliphatic hydroxyl groups excluding tert-OH is 12. The number of ether oxygens (including phenoxy) is 2. The third-order valence-corrected chi connectivity index (χ3v) is 6.67. The molecule has 2 fully saturated rings. The summed E-state index contributed by atoms with van der Waals surface area (Å²) in [5.74, 6) is 0. The summed E-state index contributed by atoms with van der Waals surface area (Å²) in [7, 11) is 0. The summed E-state index contributed by atoms with van der Waals surface area (Å²) in [4.78, 5) is 9.66. The van der Waals surface area contributed by atoms with Crippen molar-refractivity contribution >= 4 is 0 Å². The van der Waals surface area contributed by atoms with Crippen LogP contribution in [0.1, 0.15) is 6.42 Å². The second-order valence-electron chi connectivity index (χ2n) is 9.26. The molecule has 214 valence electrons. The third-order valence-electron chi connectivity index (χ3n) is 6.67. The van der Waals surface area contributed by atoms with Crippen LogP contribution in [-0.4, -0.2) is 174 Å². The highest BCUT2D eigenvalue weighted by atomic mass is 17.2. The van der Waals surface area contributed by atoms with Crippen LogP contribution < -0.4 is 0 Å². The minimum atomic E-state index is -1.88. The van der Waals surface area contributed by atoms with Crippen molar-refractivity contribution in [3.05, 3.63) is 0 Å². The zero-order valence-corrected chi connectivity index (χ0v) is 19.4. The van der Waals surface area contributed by atoms with Crippen LogP contribution in [0.4, 0.5) is 0 Å². The van der Waals surface area contributed by atoms with Crippen LogP contribution in [-0.2, 0) is 19.2 Å². The summed E-state index contributed by atoms with van der Waals surface area (Å²) in [5.41, 5.74) is -1.37. The molecule has 0 bridgehead atoms. The Labute approximate surface area is 206 Å². The molecule has 13 atom stereocenters. The molecule has 0 aromatic rings. The molecule has 1 saturated carbocycles. The van der Waals surface area contributed by atoms with Crippen molar-refractivity contribution in [2.75, 3.05) is 39.6 Å². The second kappa shape index (κ2) is 13.9. The van der Waals surface area contributed by atoms with Gasteiger partial charge in [-0.1, -0.05) is 0 Å². The molecule has 16 heteroatoms. The largest absolute Gasteiger partial charge is 0.396 e. The van der Waals surface area contributed by atoms with E-state index in [1.807, 2.05) is 0 Å². The number of hydrogen-bond acceptors (Lipinski definition) is 16. The Hall–Kier alpha value is -0.640. The van der Waals surface area contributed by atoms with Crippen molar-refractivity contribution in [3.8, 4) is 0 Å². The van der Waals surface area contributed by atoms with Gasteiger partial charge in [0.05, 0.1) is 45.2 Å². The molecule has 1 aliphatic heterocycles. The van der Waals surface area contributed by atoms with E-state index in [9.17, 15) is 56.2 Å². The van der Waals surface area contributed by atoms with Crippen LogP contribution in [0.25, 0.3) is 0 Å². The predicted molar refractivity (Wildman–Crippen MR) is 113 cm³/mol. The zero-order valence-electron chi connectivity index (χ0n) is 19.4. The maximum Gasteiger partial charge on any atom is 0.144 e.